The van der Waals surface area contributed by atoms with Crippen LogP contribution in [0.4, 0.5) is 0 Å². The highest BCUT2D eigenvalue weighted by atomic mass is 16.5. The molecule has 0 bridgehead atoms. The van der Waals surface area contributed by atoms with Gasteiger partial charge in [-0.25, -0.2) is 0 Å². The van der Waals surface area contributed by atoms with Gasteiger partial charge in [0, 0.05) is 12.1 Å². The molecule has 3 heteroatoms. The number of carbonyl (C=O) groups is 1. The van der Waals surface area contributed by atoms with Crippen LogP contribution in [0.15, 0.2) is 24.8 Å². The topological polar surface area (TPSA) is 38.3 Å². The zero-order valence-electron chi connectivity index (χ0n) is 10.7. The quantitative estimate of drug-likeness (QED) is 0.791. The molecule has 0 atom stereocenters. The Morgan fingerprint density at radius 1 is 1.47 bits per heavy atom. The van der Waals surface area contributed by atoms with Gasteiger partial charge in [0.25, 0.3) is 0 Å². The normalized spacial score (nSPS) is 9.82. The maximum Gasteiger partial charge on any atom is 0.224 e. The van der Waals surface area contributed by atoms with E-state index in [1.54, 1.807) is 13.2 Å². The van der Waals surface area contributed by atoms with Gasteiger partial charge >= 0.3 is 0 Å². The van der Waals surface area contributed by atoms with Crippen LogP contribution in [0.5, 0.6) is 5.75 Å². The fraction of sp³-hybridized carbons (Fsp3) is 0.357. The second-order valence-electron chi connectivity index (χ2n) is 4.04. The molecule has 0 fully saturated rings. The second-order valence-corrected chi connectivity index (χ2v) is 4.04. The molecule has 0 unspecified atom stereocenters. The van der Waals surface area contributed by atoms with E-state index >= 15 is 0 Å². The third-order valence-electron chi connectivity index (χ3n) is 2.49. The van der Waals surface area contributed by atoms with E-state index in [0.29, 0.717) is 13.0 Å². The predicted molar refractivity (Wildman–Crippen MR) is 69.4 cm³/mol. The first-order valence-electron chi connectivity index (χ1n) is 5.60. The van der Waals surface area contributed by atoms with Gasteiger partial charge in [0.15, 0.2) is 0 Å². The monoisotopic (exact) mass is 233 g/mol. The molecule has 1 N–H and O–H groups in total. The number of hydrogen-bond acceptors (Lipinski definition) is 2. The summed E-state index contributed by atoms with van der Waals surface area (Å²) in [7, 11) is 1.63. The summed E-state index contributed by atoms with van der Waals surface area (Å²) in [6, 6.07) is 4.03. The standard InChI is InChI=1S/C14H19NO2/c1-5-6-15-13(16)9-12-8-10(2)7-11(3)14(12)17-4/h5,7-8H,1,6,9H2,2-4H3,(H,15,16). The van der Waals surface area contributed by atoms with E-state index in [-0.39, 0.29) is 5.91 Å². The van der Waals surface area contributed by atoms with Crippen molar-refractivity contribution in [2.24, 2.45) is 0 Å². The molecule has 0 aromatic heterocycles. The Kier molecular flexibility index (Phi) is 4.76. The van der Waals surface area contributed by atoms with E-state index in [4.69, 9.17) is 4.74 Å². The van der Waals surface area contributed by atoms with E-state index in [1.807, 2.05) is 26.0 Å². The molecule has 0 aliphatic heterocycles. The summed E-state index contributed by atoms with van der Waals surface area (Å²) in [5.74, 6) is 0.776. The molecule has 17 heavy (non-hydrogen) atoms. The molecule has 0 aliphatic carbocycles. The Morgan fingerprint density at radius 2 is 2.18 bits per heavy atom. The van der Waals surface area contributed by atoms with E-state index in [0.717, 1.165) is 22.4 Å². The third-order valence-corrected chi connectivity index (χ3v) is 2.49. The van der Waals surface area contributed by atoms with Gasteiger partial charge in [-0.2, -0.15) is 0 Å². The first kappa shape index (κ1) is 13.3. The molecule has 0 heterocycles. The fourth-order valence-corrected chi connectivity index (χ4v) is 1.89. The molecule has 1 aromatic carbocycles. The Balaban J connectivity index is 2.89. The van der Waals surface area contributed by atoms with E-state index < -0.39 is 0 Å². The second kappa shape index (κ2) is 6.09. The summed E-state index contributed by atoms with van der Waals surface area (Å²) in [6.07, 6.45) is 2.00. The van der Waals surface area contributed by atoms with Crippen molar-refractivity contribution in [1.29, 1.82) is 0 Å². The van der Waals surface area contributed by atoms with Gasteiger partial charge in [-0.05, 0) is 19.4 Å². The lowest BCUT2D eigenvalue weighted by molar-refractivity contribution is -0.120. The smallest absolute Gasteiger partial charge is 0.224 e. The number of nitrogens with one attached hydrogen (secondary N) is 1. The van der Waals surface area contributed by atoms with Crippen LogP contribution in [0.1, 0.15) is 16.7 Å². The molecule has 1 amide bonds. The average molecular weight is 233 g/mol. The van der Waals surface area contributed by atoms with Crippen molar-refractivity contribution in [3.63, 3.8) is 0 Å². The molecule has 92 valence electrons. The van der Waals surface area contributed by atoms with Crippen molar-refractivity contribution < 1.29 is 9.53 Å². The van der Waals surface area contributed by atoms with E-state index in [2.05, 4.69) is 11.9 Å². The van der Waals surface area contributed by atoms with Crippen LogP contribution < -0.4 is 10.1 Å². The van der Waals surface area contributed by atoms with Crippen LogP contribution in [-0.2, 0) is 11.2 Å². The minimum atomic E-state index is -0.0202. The van der Waals surface area contributed by atoms with Crippen LogP contribution in [0.25, 0.3) is 0 Å². The number of ether oxygens (including phenoxy) is 1. The molecule has 0 aliphatic rings. The molecule has 1 rings (SSSR count). The summed E-state index contributed by atoms with van der Waals surface area (Å²) < 4.78 is 5.34. The Labute approximate surface area is 102 Å². The number of carbonyl (C=O) groups excluding carboxylic acids is 1. The maximum atomic E-state index is 11.6. The fourth-order valence-electron chi connectivity index (χ4n) is 1.89. The van der Waals surface area contributed by atoms with Gasteiger partial charge in [0.2, 0.25) is 5.91 Å². The molecule has 3 nitrogen and oxygen atoms in total. The summed E-state index contributed by atoms with van der Waals surface area (Å²) >= 11 is 0. The SMILES string of the molecule is C=CCNC(=O)Cc1cc(C)cc(C)c1OC. The zero-order valence-corrected chi connectivity index (χ0v) is 10.7. The molecule has 0 spiro atoms. The van der Waals surface area contributed by atoms with Gasteiger partial charge in [-0.3, -0.25) is 4.79 Å². The van der Waals surface area contributed by atoms with Crippen LogP contribution in [0, 0.1) is 13.8 Å². The van der Waals surface area contributed by atoms with Crippen molar-refractivity contribution in [2.75, 3.05) is 13.7 Å². The minimum Gasteiger partial charge on any atom is -0.496 e. The molecule has 1 aromatic rings. The summed E-state index contributed by atoms with van der Waals surface area (Å²) in [5, 5.41) is 2.76. The number of rotatable bonds is 5. The average Bonchev–Trinajstić information content (AvgIpc) is 2.25. The van der Waals surface area contributed by atoms with Crippen molar-refractivity contribution in [3.05, 3.63) is 41.5 Å². The van der Waals surface area contributed by atoms with Crippen LogP contribution in [-0.4, -0.2) is 19.6 Å². The molecule has 0 saturated carbocycles. The van der Waals surface area contributed by atoms with Crippen molar-refractivity contribution in [2.45, 2.75) is 20.3 Å². The number of hydrogen-bond donors (Lipinski definition) is 1. The van der Waals surface area contributed by atoms with E-state index in [1.165, 1.54) is 0 Å². The Bertz CT molecular complexity index is 424. The number of aryl methyl sites for hydroxylation is 2. The number of benzene rings is 1. The van der Waals surface area contributed by atoms with Crippen LogP contribution in [0.3, 0.4) is 0 Å². The lowest BCUT2D eigenvalue weighted by Crippen LogP contribution is -2.25. The lowest BCUT2D eigenvalue weighted by Gasteiger charge is -2.12. The van der Waals surface area contributed by atoms with Gasteiger partial charge in [0.05, 0.1) is 13.5 Å². The molecular weight excluding hydrogens is 214 g/mol. The molecule has 0 radical (unpaired) electrons. The van der Waals surface area contributed by atoms with Crippen molar-refractivity contribution in [3.8, 4) is 5.75 Å². The Hall–Kier alpha value is -1.77. The number of amides is 1. The van der Waals surface area contributed by atoms with Crippen molar-refractivity contribution in [1.82, 2.24) is 5.32 Å². The predicted octanol–water partition coefficient (Wildman–Crippen LogP) is 2.16. The number of methoxy groups -OCH3 is 1. The lowest BCUT2D eigenvalue weighted by atomic mass is 10.0. The first-order valence-corrected chi connectivity index (χ1v) is 5.60. The maximum absolute atomic E-state index is 11.6. The third kappa shape index (κ3) is 3.63. The largest absolute Gasteiger partial charge is 0.496 e. The highest BCUT2D eigenvalue weighted by Gasteiger charge is 2.11. The zero-order chi connectivity index (χ0) is 12.8. The molecular formula is C14H19NO2. The van der Waals surface area contributed by atoms with Gasteiger partial charge < -0.3 is 10.1 Å². The summed E-state index contributed by atoms with van der Waals surface area (Å²) in [6.45, 7) is 8.05. The Morgan fingerprint density at radius 3 is 2.76 bits per heavy atom. The van der Waals surface area contributed by atoms with Gasteiger partial charge in [-0.15, -0.1) is 6.58 Å². The van der Waals surface area contributed by atoms with Crippen LogP contribution >= 0.6 is 0 Å². The highest BCUT2D eigenvalue weighted by molar-refractivity contribution is 5.79. The highest BCUT2D eigenvalue weighted by Crippen LogP contribution is 2.25. The van der Waals surface area contributed by atoms with Crippen LogP contribution in [0.2, 0.25) is 0 Å². The summed E-state index contributed by atoms with van der Waals surface area (Å²) in [5.41, 5.74) is 3.11. The van der Waals surface area contributed by atoms with E-state index in [9.17, 15) is 4.79 Å². The van der Waals surface area contributed by atoms with Gasteiger partial charge in [-0.1, -0.05) is 23.8 Å². The first-order chi connectivity index (χ1) is 8.08. The summed E-state index contributed by atoms with van der Waals surface area (Å²) in [4.78, 5) is 11.6. The van der Waals surface area contributed by atoms with Crippen molar-refractivity contribution >= 4 is 5.91 Å². The minimum absolute atomic E-state index is 0.0202. The van der Waals surface area contributed by atoms with Gasteiger partial charge in [0.1, 0.15) is 5.75 Å². The molecule has 0 saturated heterocycles.